The van der Waals surface area contributed by atoms with Gasteiger partial charge < -0.3 is 15.0 Å². The van der Waals surface area contributed by atoms with Crippen molar-refractivity contribution in [3.8, 4) is 0 Å². The van der Waals surface area contributed by atoms with Crippen molar-refractivity contribution in [3.05, 3.63) is 29.3 Å². The van der Waals surface area contributed by atoms with Crippen molar-refractivity contribution in [2.24, 2.45) is 5.92 Å². The number of aromatic nitrogens is 1. The highest BCUT2D eigenvalue weighted by Crippen LogP contribution is 2.22. The number of fused-ring (bicyclic) bond motifs is 1. The van der Waals surface area contributed by atoms with Gasteiger partial charge in [0, 0.05) is 32.7 Å². The average Bonchev–Trinajstić information content (AvgIpc) is 3.07. The Kier molecular flexibility index (Phi) is 7.04. The Bertz CT molecular complexity index is 709. The van der Waals surface area contributed by atoms with E-state index in [9.17, 15) is 4.79 Å². The van der Waals surface area contributed by atoms with Gasteiger partial charge in [-0.15, -0.1) is 11.3 Å². The molecule has 2 amide bonds. The number of rotatable bonds is 7. The molecular formula is C20H30N4O2S. The number of para-hydroxylation sites is 1. The van der Waals surface area contributed by atoms with E-state index < -0.39 is 0 Å². The summed E-state index contributed by atoms with van der Waals surface area (Å²) in [5.41, 5.74) is 0.996. The van der Waals surface area contributed by atoms with Crippen LogP contribution in [0.1, 0.15) is 25.3 Å². The number of benzene rings is 1. The number of hydrogen-bond acceptors (Lipinski definition) is 5. The zero-order valence-corrected chi connectivity index (χ0v) is 17.3. The normalized spacial score (nSPS) is 16.6. The van der Waals surface area contributed by atoms with Crippen LogP contribution in [0.2, 0.25) is 0 Å². The van der Waals surface area contributed by atoms with Crippen molar-refractivity contribution >= 4 is 27.6 Å². The molecular weight excluding hydrogens is 360 g/mol. The highest BCUT2D eigenvalue weighted by Gasteiger charge is 2.23. The molecule has 1 aliphatic rings. The van der Waals surface area contributed by atoms with Crippen LogP contribution in [0.3, 0.4) is 0 Å². The van der Waals surface area contributed by atoms with Gasteiger partial charge in [0.15, 0.2) is 0 Å². The molecule has 2 heterocycles. The molecule has 148 valence electrons. The summed E-state index contributed by atoms with van der Waals surface area (Å²) in [7, 11) is 1.83. The lowest BCUT2D eigenvalue weighted by Crippen LogP contribution is -2.50. The van der Waals surface area contributed by atoms with Crippen LogP contribution >= 0.6 is 11.3 Å². The number of carbonyl (C=O) groups excluding carboxylic acids is 1. The molecule has 2 aromatic rings. The van der Waals surface area contributed by atoms with Gasteiger partial charge in [-0.05, 0) is 24.5 Å². The maximum Gasteiger partial charge on any atom is 0.317 e. The van der Waals surface area contributed by atoms with E-state index in [0.717, 1.165) is 47.9 Å². The van der Waals surface area contributed by atoms with Gasteiger partial charge in [-0.3, -0.25) is 4.90 Å². The number of hydrogen-bond donors (Lipinski definition) is 1. The van der Waals surface area contributed by atoms with Crippen LogP contribution in [0, 0.1) is 5.92 Å². The Morgan fingerprint density at radius 1 is 1.33 bits per heavy atom. The van der Waals surface area contributed by atoms with Crippen molar-refractivity contribution in [1.29, 1.82) is 0 Å². The molecule has 1 atom stereocenters. The predicted molar refractivity (Wildman–Crippen MR) is 110 cm³/mol. The lowest BCUT2D eigenvalue weighted by Gasteiger charge is -2.35. The molecule has 1 N–H and O–H groups in total. The van der Waals surface area contributed by atoms with Gasteiger partial charge in [0.1, 0.15) is 5.01 Å². The number of nitrogens with zero attached hydrogens (tertiary/aromatic N) is 3. The van der Waals surface area contributed by atoms with Crippen molar-refractivity contribution in [2.75, 3.05) is 39.9 Å². The average molecular weight is 391 g/mol. The van der Waals surface area contributed by atoms with Gasteiger partial charge in [0.05, 0.1) is 30.0 Å². The highest BCUT2D eigenvalue weighted by molar-refractivity contribution is 7.18. The minimum absolute atomic E-state index is 0.0451. The molecule has 1 aromatic carbocycles. The summed E-state index contributed by atoms with van der Waals surface area (Å²) in [4.78, 5) is 21.4. The van der Waals surface area contributed by atoms with E-state index in [2.05, 4.69) is 35.1 Å². The Balaban J connectivity index is 1.54. The summed E-state index contributed by atoms with van der Waals surface area (Å²) in [6.45, 7) is 9.09. The molecule has 0 saturated carbocycles. The Morgan fingerprint density at radius 3 is 2.78 bits per heavy atom. The van der Waals surface area contributed by atoms with Gasteiger partial charge in [-0.2, -0.15) is 0 Å². The van der Waals surface area contributed by atoms with Crippen LogP contribution in [-0.4, -0.2) is 66.8 Å². The predicted octanol–water partition coefficient (Wildman–Crippen LogP) is 3.18. The van der Waals surface area contributed by atoms with Crippen LogP contribution in [0.15, 0.2) is 24.3 Å². The number of urea groups is 1. The lowest BCUT2D eigenvalue weighted by atomic mass is 10.0. The standard InChI is InChI=1S/C20H30N4O2S/c1-15(2)12-16(24-8-10-26-11-9-24)13-21-20(25)23(3)14-19-22-17-6-4-5-7-18(17)27-19/h4-7,15-16H,8-14H2,1-3H3,(H,21,25). The Hall–Kier alpha value is -1.70. The molecule has 0 spiro atoms. The van der Waals surface area contributed by atoms with Gasteiger partial charge in [0.25, 0.3) is 0 Å². The van der Waals surface area contributed by atoms with Crippen molar-refractivity contribution in [2.45, 2.75) is 32.9 Å². The van der Waals surface area contributed by atoms with E-state index in [1.165, 1.54) is 0 Å². The number of amides is 2. The number of ether oxygens (including phenoxy) is 1. The zero-order chi connectivity index (χ0) is 19.2. The maximum atomic E-state index is 12.6. The lowest BCUT2D eigenvalue weighted by molar-refractivity contribution is 0.0127. The Labute approximate surface area is 165 Å². The summed E-state index contributed by atoms with van der Waals surface area (Å²) in [5, 5.41) is 4.08. The third-order valence-electron chi connectivity index (χ3n) is 4.85. The molecule has 7 heteroatoms. The SMILES string of the molecule is CC(C)CC(CNC(=O)N(C)Cc1nc2ccccc2s1)N1CCOCC1. The first-order chi connectivity index (χ1) is 13.0. The van der Waals surface area contributed by atoms with Crippen LogP contribution in [0.5, 0.6) is 0 Å². The third-order valence-corrected chi connectivity index (χ3v) is 5.87. The topological polar surface area (TPSA) is 57.7 Å². The molecule has 1 saturated heterocycles. The quantitative estimate of drug-likeness (QED) is 0.789. The van der Waals surface area contributed by atoms with Crippen LogP contribution in [-0.2, 0) is 11.3 Å². The first kappa shape index (κ1) is 20.0. The van der Waals surface area contributed by atoms with Gasteiger partial charge >= 0.3 is 6.03 Å². The summed E-state index contributed by atoms with van der Waals surface area (Å²) < 4.78 is 6.62. The monoisotopic (exact) mass is 390 g/mol. The van der Waals surface area contributed by atoms with Crippen molar-refractivity contribution < 1.29 is 9.53 Å². The van der Waals surface area contributed by atoms with Crippen molar-refractivity contribution in [3.63, 3.8) is 0 Å². The second-order valence-corrected chi connectivity index (χ2v) is 8.66. The first-order valence-corrected chi connectivity index (χ1v) is 10.5. The summed E-state index contributed by atoms with van der Waals surface area (Å²) in [6.07, 6.45) is 1.07. The third kappa shape index (κ3) is 5.64. The van der Waals surface area contributed by atoms with Crippen LogP contribution in [0.25, 0.3) is 10.2 Å². The second-order valence-electron chi connectivity index (χ2n) is 7.55. The molecule has 1 aromatic heterocycles. The first-order valence-electron chi connectivity index (χ1n) is 9.68. The molecule has 1 aliphatic heterocycles. The molecule has 6 nitrogen and oxygen atoms in total. The smallest absolute Gasteiger partial charge is 0.317 e. The van der Waals surface area contributed by atoms with E-state index in [1.54, 1.807) is 16.2 Å². The highest BCUT2D eigenvalue weighted by atomic mass is 32.1. The van der Waals surface area contributed by atoms with E-state index >= 15 is 0 Å². The Morgan fingerprint density at radius 2 is 2.07 bits per heavy atom. The summed E-state index contributed by atoms with van der Waals surface area (Å²) in [5.74, 6) is 0.593. The van der Waals surface area contributed by atoms with Gasteiger partial charge in [-0.1, -0.05) is 26.0 Å². The largest absolute Gasteiger partial charge is 0.379 e. The molecule has 0 aliphatic carbocycles. The second kappa shape index (κ2) is 9.48. The van der Waals surface area contributed by atoms with Crippen LogP contribution in [0.4, 0.5) is 4.79 Å². The van der Waals surface area contributed by atoms with E-state index in [1.807, 2.05) is 25.2 Å². The van der Waals surface area contributed by atoms with E-state index in [4.69, 9.17) is 4.74 Å². The number of morpholine rings is 1. The van der Waals surface area contributed by atoms with Gasteiger partial charge in [0.2, 0.25) is 0 Å². The molecule has 0 bridgehead atoms. The minimum Gasteiger partial charge on any atom is -0.379 e. The maximum absolute atomic E-state index is 12.6. The summed E-state index contributed by atoms with van der Waals surface area (Å²) >= 11 is 1.64. The van der Waals surface area contributed by atoms with E-state index in [0.29, 0.717) is 25.0 Å². The fourth-order valence-electron chi connectivity index (χ4n) is 3.45. The fourth-order valence-corrected chi connectivity index (χ4v) is 4.47. The van der Waals surface area contributed by atoms with Crippen molar-refractivity contribution in [1.82, 2.24) is 20.1 Å². The number of thiazole rings is 1. The summed E-state index contributed by atoms with van der Waals surface area (Å²) in [6, 6.07) is 8.39. The minimum atomic E-state index is -0.0451. The molecule has 1 unspecified atom stereocenters. The fraction of sp³-hybridized carbons (Fsp3) is 0.600. The molecule has 3 rings (SSSR count). The number of carbonyl (C=O) groups is 1. The van der Waals surface area contributed by atoms with E-state index in [-0.39, 0.29) is 6.03 Å². The zero-order valence-electron chi connectivity index (χ0n) is 16.5. The van der Waals surface area contributed by atoms with Gasteiger partial charge in [-0.25, -0.2) is 9.78 Å². The molecule has 1 fully saturated rings. The van der Waals surface area contributed by atoms with Crippen LogP contribution < -0.4 is 5.32 Å². The molecule has 27 heavy (non-hydrogen) atoms. The number of nitrogens with one attached hydrogen (secondary N) is 1. The molecule has 0 radical (unpaired) electrons.